The number of pyridine rings is 1. The molecule has 3 rings (SSSR count). The molecule has 39 heavy (non-hydrogen) atoms. The number of methoxy groups -OCH3 is 1. The fourth-order valence-electron chi connectivity index (χ4n) is 4.22. The lowest BCUT2D eigenvalue weighted by Crippen LogP contribution is -2.49. The van der Waals surface area contributed by atoms with Gasteiger partial charge in [-0.1, -0.05) is 20.8 Å². The molecular formula is C28H40F2N4O4S. The zero-order valence-electron chi connectivity index (χ0n) is 23.5. The highest BCUT2D eigenvalue weighted by atomic mass is 32.2. The van der Waals surface area contributed by atoms with Gasteiger partial charge in [0.05, 0.1) is 12.6 Å². The molecule has 1 fully saturated rings. The van der Waals surface area contributed by atoms with Gasteiger partial charge in [0.1, 0.15) is 41.7 Å². The third-order valence-electron chi connectivity index (χ3n) is 6.64. The van der Waals surface area contributed by atoms with E-state index in [4.69, 9.17) is 14.5 Å². The second kappa shape index (κ2) is 14.1. The Kier molecular flexibility index (Phi) is 11.2. The minimum Gasteiger partial charge on any atom is -0.491 e. The lowest BCUT2D eigenvalue weighted by Gasteiger charge is -2.26. The number of halogens is 2. The first-order valence-corrected chi connectivity index (χ1v) is 14.0. The molecule has 4 atom stereocenters. The Balaban J connectivity index is 1.81. The highest BCUT2D eigenvalue weighted by Crippen LogP contribution is 2.40. The van der Waals surface area contributed by atoms with Crippen LogP contribution in [0, 0.1) is 23.5 Å². The number of aliphatic hydroxyl groups excluding tert-OH is 1. The molecule has 1 aromatic carbocycles. The number of hydrogen-bond acceptors (Lipinski definition) is 8. The average Bonchev–Trinajstić information content (AvgIpc) is 3.58. The minimum atomic E-state index is -1.12. The van der Waals surface area contributed by atoms with Gasteiger partial charge >= 0.3 is 0 Å². The summed E-state index contributed by atoms with van der Waals surface area (Å²) in [4.78, 5) is 20.3. The van der Waals surface area contributed by atoms with E-state index in [1.165, 1.54) is 13.5 Å². The number of benzene rings is 1. The van der Waals surface area contributed by atoms with Crippen LogP contribution in [0.1, 0.15) is 44.0 Å². The van der Waals surface area contributed by atoms with Crippen LogP contribution in [-0.2, 0) is 4.74 Å². The number of anilines is 2. The van der Waals surface area contributed by atoms with Gasteiger partial charge in [0.25, 0.3) is 5.91 Å². The normalized spacial score (nSPS) is 18.0. The van der Waals surface area contributed by atoms with Crippen molar-refractivity contribution in [3.8, 4) is 5.75 Å². The van der Waals surface area contributed by atoms with Gasteiger partial charge in [-0.15, -0.1) is 0 Å². The van der Waals surface area contributed by atoms with E-state index in [9.17, 15) is 18.7 Å². The molecular weight excluding hydrogens is 526 g/mol. The molecule has 0 aliphatic heterocycles. The zero-order chi connectivity index (χ0) is 28.7. The van der Waals surface area contributed by atoms with E-state index in [0.29, 0.717) is 22.4 Å². The van der Waals surface area contributed by atoms with Crippen LogP contribution >= 0.6 is 11.9 Å². The molecule has 8 nitrogen and oxygen atoms in total. The number of rotatable bonds is 15. The summed E-state index contributed by atoms with van der Waals surface area (Å²) < 4.78 is 39.7. The van der Waals surface area contributed by atoms with Crippen molar-refractivity contribution in [3.05, 3.63) is 47.5 Å². The summed E-state index contributed by atoms with van der Waals surface area (Å²) in [6.07, 6.45) is 1.18. The number of aromatic nitrogens is 1. The standard InChI is InChI=1S/C28H40F2N4O4S/c1-17(2)39-34(5)27-11-20(10-26(32-27)33(4)8-7-19-9-18(19)3)28(36)31-24(25(35)16-37-6)15-38-23-13-21(29)12-22(30)14-23/h10-14,17-19,24-25,35H,7-9,15-16H2,1-6H3,(H,31,36)/t18-,19-,24-,25?/m0/s1. The van der Waals surface area contributed by atoms with E-state index in [0.717, 1.165) is 43.0 Å². The molecule has 0 spiro atoms. The first-order chi connectivity index (χ1) is 18.5. The van der Waals surface area contributed by atoms with Gasteiger partial charge in [-0.2, -0.15) is 0 Å². The van der Waals surface area contributed by atoms with Crippen molar-refractivity contribution >= 4 is 29.5 Å². The van der Waals surface area contributed by atoms with Crippen LogP contribution in [-0.4, -0.2) is 74.4 Å². The zero-order valence-corrected chi connectivity index (χ0v) is 24.3. The first-order valence-electron chi connectivity index (χ1n) is 13.2. The Bertz CT molecular complexity index is 1090. The highest BCUT2D eigenvalue weighted by Gasteiger charge is 2.32. The Hall–Kier alpha value is -2.63. The summed E-state index contributed by atoms with van der Waals surface area (Å²) in [5.41, 5.74) is 0.365. The fraction of sp³-hybridized carbons (Fsp3) is 0.571. The van der Waals surface area contributed by atoms with Crippen LogP contribution in [0.4, 0.5) is 20.4 Å². The fourth-order valence-corrected chi connectivity index (χ4v) is 5.05. The molecule has 1 saturated carbocycles. The smallest absolute Gasteiger partial charge is 0.251 e. The van der Waals surface area contributed by atoms with Crippen LogP contribution in [0.5, 0.6) is 5.75 Å². The molecule has 0 saturated heterocycles. The first kappa shape index (κ1) is 30.9. The Morgan fingerprint density at radius 3 is 2.38 bits per heavy atom. The molecule has 11 heteroatoms. The summed E-state index contributed by atoms with van der Waals surface area (Å²) in [7, 11) is 5.29. The van der Waals surface area contributed by atoms with E-state index in [-0.39, 0.29) is 19.0 Å². The van der Waals surface area contributed by atoms with Crippen molar-refractivity contribution in [2.45, 2.75) is 51.0 Å². The molecule has 0 radical (unpaired) electrons. The maximum absolute atomic E-state index is 13.6. The predicted molar refractivity (Wildman–Crippen MR) is 152 cm³/mol. The van der Waals surface area contributed by atoms with Gasteiger partial charge < -0.3 is 29.1 Å². The molecule has 2 N–H and O–H groups in total. The lowest BCUT2D eigenvalue weighted by molar-refractivity contribution is 0.0251. The molecule has 1 aromatic heterocycles. The molecule has 1 heterocycles. The Labute approximate surface area is 234 Å². The average molecular weight is 567 g/mol. The number of aliphatic hydroxyl groups is 1. The maximum Gasteiger partial charge on any atom is 0.251 e. The molecule has 1 unspecified atom stereocenters. The highest BCUT2D eigenvalue weighted by molar-refractivity contribution is 8.01. The van der Waals surface area contributed by atoms with E-state index in [1.807, 2.05) is 18.4 Å². The third kappa shape index (κ3) is 9.51. The van der Waals surface area contributed by atoms with Crippen LogP contribution in [0.15, 0.2) is 30.3 Å². The number of ether oxygens (including phenoxy) is 2. The molecule has 1 aliphatic carbocycles. The van der Waals surface area contributed by atoms with Crippen LogP contribution in [0.25, 0.3) is 0 Å². The van der Waals surface area contributed by atoms with Crippen LogP contribution in [0.3, 0.4) is 0 Å². The molecule has 216 valence electrons. The number of nitrogens with zero attached hydrogens (tertiary/aromatic N) is 3. The van der Waals surface area contributed by atoms with Gasteiger partial charge in [0, 0.05) is 56.8 Å². The maximum atomic E-state index is 13.6. The van der Waals surface area contributed by atoms with E-state index >= 15 is 0 Å². The van der Waals surface area contributed by atoms with Crippen molar-refractivity contribution in [1.82, 2.24) is 10.3 Å². The second-order valence-electron chi connectivity index (χ2n) is 10.4. The number of amides is 1. The largest absolute Gasteiger partial charge is 0.491 e. The van der Waals surface area contributed by atoms with E-state index in [1.54, 1.807) is 24.1 Å². The number of carbonyl (C=O) groups is 1. The monoisotopic (exact) mass is 566 g/mol. The summed E-state index contributed by atoms with van der Waals surface area (Å²) in [6, 6.07) is 5.32. The Morgan fingerprint density at radius 1 is 1.15 bits per heavy atom. The Morgan fingerprint density at radius 2 is 1.79 bits per heavy atom. The van der Waals surface area contributed by atoms with Crippen molar-refractivity contribution in [2.75, 3.05) is 50.2 Å². The summed E-state index contributed by atoms with van der Waals surface area (Å²) in [5.74, 6) is 0.712. The SMILES string of the molecule is COCC(O)[C@H](COc1cc(F)cc(F)c1)NC(=O)c1cc(N(C)CC[C@H]2C[C@@H]2C)nc(N(C)SC(C)C)c1. The molecule has 1 aliphatic rings. The quantitative estimate of drug-likeness (QED) is 0.305. The lowest BCUT2D eigenvalue weighted by atomic mass is 10.1. The minimum absolute atomic E-state index is 0.0520. The van der Waals surface area contributed by atoms with E-state index < -0.39 is 29.7 Å². The summed E-state index contributed by atoms with van der Waals surface area (Å²) in [5, 5.41) is 13.7. The number of nitrogens with one attached hydrogen (secondary N) is 1. The molecule has 1 amide bonds. The van der Waals surface area contributed by atoms with Crippen molar-refractivity contribution in [2.24, 2.45) is 11.8 Å². The van der Waals surface area contributed by atoms with Gasteiger partial charge in [-0.05, 0) is 48.8 Å². The number of hydrogen-bond donors (Lipinski definition) is 2. The van der Waals surface area contributed by atoms with Gasteiger partial charge in [0.2, 0.25) is 0 Å². The van der Waals surface area contributed by atoms with E-state index in [2.05, 4.69) is 31.0 Å². The second-order valence-corrected chi connectivity index (χ2v) is 12.1. The van der Waals surface area contributed by atoms with Gasteiger partial charge in [0.15, 0.2) is 0 Å². The summed E-state index contributed by atoms with van der Waals surface area (Å²) in [6.45, 7) is 6.93. The van der Waals surface area contributed by atoms with Gasteiger partial charge in [-0.25, -0.2) is 13.8 Å². The predicted octanol–water partition coefficient (Wildman–Crippen LogP) is 4.52. The van der Waals surface area contributed by atoms with Crippen molar-refractivity contribution < 1.29 is 28.2 Å². The third-order valence-corrected chi connectivity index (χ3v) is 7.56. The molecule has 2 aromatic rings. The van der Waals surface area contributed by atoms with Crippen molar-refractivity contribution in [3.63, 3.8) is 0 Å². The number of carbonyl (C=O) groups excluding carboxylic acids is 1. The molecule has 0 bridgehead atoms. The van der Waals surface area contributed by atoms with Gasteiger partial charge in [-0.3, -0.25) is 4.79 Å². The summed E-state index contributed by atoms with van der Waals surface area (Å²) >= 11 is 1.59. The van der Waals surface area contributed by atoms with Crippen LogP contribution < -0.4 is 19.3 Å². The van der Waals surface area contributed by atoms with Crippen molar-refractivity contribution in [1.29, 1.82) is 0 Å². The van der Waals surface area contributed by atoms with Crippen LogP contribution in [0.2, 0.25) is 0 Å². The topological polar surface area (TPSA) is 87.2 Å².